The van der Waals surface area contributed by atoms with Gasteiger partial charge < -0.3 is 15.6 Å². The van der Waals surface area contributed by atoms with Gasteiger partial charge >= 0.3 is 0 Å². The number of anilines is 1. The van der Waals surface area contributed by atoms with Crippen molar-refractivity contribution in [3.05, 3.63) is 42.5 Å². The number of aliphatic hydroxyl groups excluding tert-OH is 1. The summed E-state index contributed by atoms with van der Waals surface area (Å²) in [6, 6.07) is 13.9. The number of rotatable bonds is 6. The third-order valence-corrected chi connectivity index (χ3v) is 4.04. The Labute approximate surface area is 131 Å². The van der Waals surface area contributed by atoms with E-state index in [0.717, 1.165) is 16.5 Å². The highest BCUT2D eigenvalue weighted by Crippen LogP contribution is 2.21. The molecule has 0 saturated carbocycles. The van der Waals surface area contributed by atoms with E-state index in [1.807, 2.05) is 42.5 Å². The number of nitrogens with two attached hydrogens (primary N) is 1. The second-order valence-corrected chi connectivity index (χ2v) is 5.78. The van der Waals surface area contributed by atoms with Gasteiger partial charge in [-0.1, -0.05) is 42.1 Å². The van der Waals surface area contributed by atoms with E-state index in [0.29, 0.717) is 10.9 Å². The standard InChI is InChI=1S/C15H16N4O2S/c16-14-17-15(19-18-14)22-9-12(20)8-21-13-6-5-10-3-1-2-4-11(10)7-13/h1-7,12,20H,8-9H2,(H3,16,17,18,19)/t12-/m0/s1. The SMILES string of the molecule is Nc1nc(SC[C@@H](O)COc2ccc3ccccc3c2)n[nH]1. The van der Waals surface area contributed by atoms with E-state index in [4.69, 9.17) is 10.5 Å². The Bertz CT molecular complexity index is 762. The number of aliphatic hydroxyl groups is 1. The molecule has 114 valence electrons. The van der Waals surface area contributed by atoms with E-state index in [-0.39, 0.29) is 12.6 Å². The first-order valence-corrected chi connectivity index (χ1v) is 7.79. The fraction of sp³-hybridized carbons (Fsp3) is 0.200. The van der Waals surface area contributed by atoms with Gasteiger partial charge in [0.2, 0.25) is 11.1 Å². The van der Waals surface area contributed by atoms with E-state index in [1.54, 1.807) is 0 Å². The zero-order valence-electron chi connectivity index (χ0n) is 11.8. The van der Waals surface area contributed by atoms with Gasteiger partial charge in [-0.3, -0.25) is 0 Å². The summed E-state index contributed by atoms with van der Waals surface area (Å²) in [5, 5.41) is 19.2. The van der Waals surface area contributed by atoms with Crippen molar-refractivity contribution < 1.29 is 9.84 Å². The molecule has 1 atom stereocenters. The number of aromatic amines is 1. The largest absolute Gasteiger partial charge is 0.491 e. The molecule has 0 spiro atoms. The lowest BCUT2D eigenvalue weighted by molar-refractivity contribution is 0.126. The van der Waals surface area contributed by atoms with E-state index >= 15 is 0 Å². The first-order valence-electron chi connectivity index (χ1n) is 6.81. The van der Waals surface area contributed by atoms with Gasteiger partial charge in [-0.2, -0.15) is 4.98 Å². The van der Waals surface area contributed by atoms with Crippen molar-refractivity contribution in [1.82, 2.24) is 15.2 Å². The molecular weight excluding hydrogens is 300 g/mol. The van der Waals surface area contributed by atoms with E-state index in [2.05, 4.69) is 15.2 Å². The molecule has 1 heterocycles. The third-order valence-electron chi connectivity index (χ3n) is 3.05. The highest BCUT2D eigenvalue weighted by atomic mass is 32.2. The molecular formula is C15H16N4O2S. The number of nitrogens with zero attached hydrogens (tertiary/aromatic N) is 2. The lowest BCUT2D eigenvalue weighted by Crippen LogP contribution is -2.20. The van der Waals surface area contributed by atoms with E-state index < -0.39 is 6.10 Å². The molecule has 0 aliphatic heterocycles. The molecule has 3 aromatic rings. The van der Waals surface area contributed by atoms with Crippen molar-refractivity contribution in [2.75, 3.05) is 18.1 Å². The number of H-pyrrole nitrogens is 1. The molecule has 0 saturated heterocycles. The minimum Gasteiger partial charge on any atom is -0.491 e. The van der Waals surface area contributed by atoms with Gasteiger partial charge in [0.05, 0.1) is 6.10 Å². The number of hydrogen-bond acceptors (Lipinski definition) is 6. The van der Waals surface area contributed by atoms with Crippen molar-refractivity contribution in [2.24, 2.45) is 0 Å². The highest BCUT2D eigenvalue weighted by Gasteiger charge is 2.09. The van der Waals surface area contributed by atoms with Crippen molar-refractivity contribution in [3.8, 4) is 5.75 Å². The maximum atomic E-state index is 9.95. The molecule has 7 heteroatoms. The molecule has 0 aliphatic rings. The Morgan fingerprint density at radius 1 is 1.23 bits per heavy atom. The van der Waals surface area contributed by atoms with Crippen LogP contribution in [0.2, 0.25) is 0 Å². The summed E-state index contributed by atoms with van der Waals surface area (Å²) in [4.78, 5) is 3.96. The quantitative estimate of drug-likeness (QED) is 0.602. The topological polar surface area (TPSA) is 97.1 Å². The molecule has 4 N–H and O–H groups in total. The molecule has 22 heavy (non-hydrogen) atoms. The van der Waals surface area contributed by atoms with Crippen LogP contribution in [0.3, 0.4) is 0 Å². The number of hydrogen-bond donors (Lipinski definition) is 3. The van der Waals surface area contributed by atoms with Gasteiger partial charge in [0.15, 0.2) is 0 Å². The smallest absolute Gasteiger partial charge is 0.216 e. The Morgan fingerprint density at radius 2 is 2.05 bits per heavy atom. The van der Waals surface area contributed by atoms with Gasteiger partial charge in [0.25, 0.3) is 0 Å². The minimum absolute atomic E-state index is 0.214. The van der Waals surface area contributed by atoms with Gasteiger partial charge in [-0.25, -0.2) is 5.10 Å². The Morgan fingerprint density at radius 3 is 2.82 bits per heavy atom. The molecule has 0 amide bonds. The number of thioether (sulfide) groups is 1. The van der Waals surface area contributed by atoms with Crippen LogP contribution in [0.4, 0.5) is 5.95 Å². The van der Waals surface area contributed by atoms with Crippen LogP contribution in [0, 0.1) is 0 Å². The normalized spacial score (nSPS) is 12.4. The highest BCUT2D eigenvalue weighted by molar-refractivity contribution is 7.99. The summed E-state index contributed by atoms with van der Waals surface area (Å²) >= 11 is 1.32. The first kappa shape index (κ1) is 14.7. The number of nitrogens with one attached hydrogen (secondary N) is 1. The van der Waals surface area contributed by atoms with Crippen LogP contribution in [-0.2, 0) is 0 Å². The predicted octanol–water partition coefficient (Wildman–Crippen LogP) is 2.07. The zero-order chi connectivity index (χ0) is 15.4. The summed E-state index contributed by atoms with van der Waals surface area (Å²) in [6.07, 6.45) is -0.615. The first-order chi connectivity index (χ1) is 10.7. The average Bonchev–Trinajstić information content (AvgIpc) is 2.96. The maximum Gasteiger partial charge on any atom is 0.216 e. The summed E-state index contributed by atoms with van der Waals surface area (Å²) in [5.41, 5.74) is 5.44. The number of benzene rings is 2. The van der Waals surface area contributed by atoms with Gasteiger partial charge in [0.1, 0.15) is 12.4 Å². The lowest BCUT2D eigenvalue weighted by atomic mass is 10.1. The molecule has 0 radical (unpaired) electrons. The molecule has 3 rings (SSSR count). The fourth-order valence-corrected chi connectivity index (χ4v) is 2.70. The molecule has 1 aromatic heterocycles. The van der Waals surface area contributed by atoms with Crippen molar-refractivity contribution in [1.29, 1.82) is 0 Å². The lowest BCUT2D eigenvalue weighted by Gasteiger charge is -2.11. The third kappa shape index (κ3) is 3.69. The van der Waals surface area contributed by atoms with E-state index in [9.17, 15) is 5.11 Å². The maximum absolute atomic E-state index is 9.95. The predicted molar refractivity (Wildman–Crippen MR) is 87.0 cm³/mol. The molecule has 6 nitrogen and oxygen atoms in total. The van der Waals surface area contributed by atoms with Gasteiger partial charge in [-0.15, -0.1) is 5.10 Å². The van der Waals surface area contributed by atoms with Crippen LogP contribution < -0.4 is 10.5 Å². The molecule has 0 fully saturated rings. The molecule has 0 bridgehead atoms. The number of aromatic nitrogens is 3. The fourth-order valence-electron chi connectivity index (χ4n) is 1.99. The summed E-state index contributed by atoms with van der Waals surface area (Å²) in [7, 11) is 0. The number of nitrogen functional groups attached to an aromatic ring is 1. The Hall–Kier alpha value is -2.25. The van der Waals surface area contributed by atoms with Gasteiger partial charge in [0, 0.05) is 5.75 Å². The molecule has 0 aliphatic carbocycles. The second-order valence-electron chi connectivity index (χ2n) is 4.79. The minimum atomic E-state index is -0.615. The average molecular weight is 316 g/mol. The number of fused-ring (bicyclic) bond motifs is 1. The van der Waals surface area contributed by atoms with Crippen LogP contribution in [0.25, 0.3) is 10.8 Å². The Kier molecular flexibility index (Phi) is 4.45. The van der Waals surface area contributed by atoms with Crippen LogP contribution >= 0.6 is 11.8 Å². The summed E-state index contributed by atoms with van der Waals surface area (Å²) < 4.78 is 5.63. The molecule has 2 aromatic carbocycles. The van der Waals surface area contributed by atoms with E-state index in [1.165, 1.54) is 11.8 Å². The number of ether oxygens (including phenoxy) is 1. The van der Waals surface area contributed by atoms with Crippen LogP contribution in [0.1, 0.15) is 0 Å². The van der Waals surface area contributed by atoms with Crippen molar-refractivity contribution in [3.63, 3.8) is 0 Å². The van der Waals surface area contributed by atoms with Crippen molar-refractivity contribution >= 4 is 28.5 Å². The molecule has 0 unspecified atom stereocenters. The second kappa shape index (κ2) is 6.67. The summed E-state index contributed by atoms with van der Waals surface area (Å²) in [5.74, 6) is 1.44. The van der Waals surface area contributed by atoms with Crippen LogP contribution in [-0.4, -0.2) is 38.8 Å². The summed E-state index contributed by atoms with van der Waals surface area (Å²) in [6.45, 7) is 0.214. The monoisotopic (exact) mass is 316 g/mol. The Balaban J connectivity index is 1.52. The zero-order valence-corrected chi connectivity index (χ0v) is 12.6. The van der Waals surface area contributed by atoms with Gasteiger partial charge in [-0.05, 0) is 22.9 Å². The van der Waals surface area contributed by atoms with Crippen molar-refractivity contribution in [2.45, 2.75) is 11.3 Å². The van der Waals surface area contributed by atoms with Crippen LogP contribution in [0.15, 0.2) is 47.6 Å². The van der Waals surface area contributed by atoms with Crippen LogP contribution in [0.5, 0.6) is 5.75 Å².